The van der Waals surface area contributed by atoms with Gasteiger partial charge in [-0.15, -0.1) is 0 Å². The number of nitrogens with zero attached hydrogens (tertiary/aromatic N) is 2. The van der Waals surface area contributed by atoms with E-state index in [0.29, 0.717) is 0 Å². The molecule has 0 aliphatic carbocycles. The molecule has 0 unspecified atom stereocenters. The Kier molecular flexibility index (Phi) is 8.53. The van der Waals surface area contributed by atoms with Gasteiger partial charge >= 0.3 is 0 Å². The number of hydrogen-bond donors (Lipinski definition) is 0. The molecule has 0 fully saturated rings. The van der Waals surface area contributed by atoms with E-state index in [-0.39, 0.29) is 13.4 Å². The first-order valence-corrected chi connectivity index (χ1v) is 27.1. The van der Waals surface area contributed by atoms with Crippen LogP contribution in [0.25, 0.3) is 110 Å². The summed E-state index contributed by atoms with van der Waals surface area (Å²) < 4.78 is 18.9. The molecule has 0 bridgehead atoms. The molecule has 2 aliphatic rings. The second-order valence-electron chi connectivity index (χ2n) is 21.4. The van der Waals surface area contributed by atoms with Gasteiger partial charge in [-0.1, -0.05) is 211 Å². The smallest absolute Gasteiger partial charge is 0.251 e. The summed E-state index contributed by atoms with van der Waals surface area (Å²) in [6, 6.07) is 93.6. The Morgan fingerprint density at radius 2 is 0.718 bits per heavy atom. The van der Waals surface area contributed by atoms with Crippen molar-refractivity contribution >= 4 is 122 Å². The van der Waals surface area contributed by atoms with Gasteiger partial charge in [-0.05, 0) is 110 Å². The van der Waals surface area contributed by atoms with Gasteiger partial charge in [-0.2, -0.15) is 0 Å². The van der Waals surface area contributed by atoms with Crippen LogP contribution < -0.4 is 42.3 Å². The Balaban J connectivity index is 0.786. The van der Waals surface area contributed by atoms with E-state index in [1.165, 1.54) is 131 Å². The standard InChI is InChI=1S/C72H42B2N2O2/c1-3-17-43(18-4-1)47-21-7-9-27-56(47)73-59-30-12-14-32-67(59)78-72-60(73)35-38-64-69(72)52-26-16-25-50-54-40-45(33-36-62(54)75(64)71(50)52)46-34-37-63-53(39-46)49-23-15-24-51-55-41-68-61(42-65(55)76(63)70(49)51)74(58-29-11-13-31-66(58)77-68)57-28-10-8-22-48(57)44-19-5-2-6-20-44/h1-42H. The lowest BCUT2D eigenvalue weighted by Crippen LogP contribution is -2.55. The van der Waals surface area contributed by atoms with E-state index >= 15 is 0 Å². The zero-order chi connectivity index (χ0) is 50.7. The lowest BCUT2D eigenvalue weighted by molar-refractivity contribution is 0.488. The summed E-state index contributed by atoms with van der Waals surface area (Å²) in [5.74, 6) is 3.67. The van der Waals surface area contributed by atoms with Gasteiger partial charge in [0.2, 0.25) is 0 Å². The van der Waals surface area contributed by atoms with Gasteiger partial charge in [0.05, 0.1) is 38.5 Å². The minimum atomic E-state index is -0.0260. The maximum atomic E-state index is 7.10. The molecule has 6 heteroatoms. The summed E-state index contributed by atoms with van der Waals surface area (Å²) in [6.45, 7) is -0.0347. The highest BCUT2D eigenvalue weighted by atomic mass is 16.5. The Hall–Kier alpha value is -10.0. The van der Waals surface area contributed by atoms with Crippen LogP contribution in [0.4, 0.5) is 0 Å². The minimum Gasteiger partial charge on any atom is -0.458 e. The van der Waals surface area contributed by atoms with Crippen molar-refractivity contribution in [3.63, 3.8) is 0 Å². The first-order chi connectivity index (χ1) is 38.7. The summed E-state index contributed by atoms with van der Waals surface area (Å²) in [6.07, 6.45) is 0. The quantitative estimate of drug-likeness (QED) is 0.161. The summed E-state index contributed by atoms with van der Waals surface area (Å²) in [5, 5.41) is 9.77. The second-order valence-corrected chi connectivity index (χ2v) is 21.4. The highest BCUT2D eigenvalue weighted by Crippen LogP contribution is 2.46. The maximum absolute atomic E-state index is 7.10. The Bertz CT molecular complexity index is 5180. The fourth-order valence-electron chi connectivity index (χ4n) is 14.2. The molecule has 2 aliphatic heterocycles. The van der Waals surface area contributed by atoms with E-state index in [1.807, 2.05) is 0 Å². The fraction of sp³-hybridized carbons (Fsp3) is 0. The number of hydrogen-bond acceptors (Lipinski definition) is 2. The molecule has 0 amide bonds. The molecule has 0 spiro atoms. The van der Waals surface area contributed by atoms with E-state index in [2.05, 4.69) is 264 Å². The SMILES string of the molecule is c1ccc(-c2ccccc2B2c3ccccc3Oc3cc4c5cccc6c7cc(-c8ccc9c(c8)c8cccc%10c%11c%12c(ccc%11n9c8%10)B(c8ccccc8-c8ccccc8)c8ccccc8O%12)ccc7n(c4cc32)c65)cc1. The Morgan fingerprint density at radius 3 is 1.32 bits per heavy atom. The third-order valence-corrected chi connectivity index (χ3v) is 17.5. The van der Waals surface area contributed by atoms with Gasteiger partial charge in [-0.25, -0.2) is 0 Å². The number of para-hydroxylation sites is 4. The molecule has 12 aromatic carbocycles. The summed E-state index contributed by atoms with van der Waals surface area (Å²) in [7, 11) is 0. The third kappa shape index (κ3) is 5.70. The van der Waals surface area contributed by atoms with Crippen molar-refractivity contribution < 1.29 is 9.47 Å². The molecule has 78 heavy (non-hydrogen) atoms. The van der Waals surface area contributed by atoms with E-state index in [9.17, 15) is 0 Å². The molecular weight excluding hydrogens is 946 g/mol. The van der Waals surface area contributed by atoms with Crippen LogP contribution in [0.3, 0.4) is 0 Å². The van der Waals surface area contributed by atoms with Crippen LogP contribution in [-0.4, -0.2) is 22.2 Å². The van der Waals surface area contributed by atoms with Gasteiger partial charge in [0.25, 0.3) is 13.4 Å². The van der Waals surface area contributed by atoms with Gasteiger partial charge < -0.3 is 18.3 Å². The minimum absolute atomic E-state index is 0.00870. The molecule has 18 rings (SSSR count). The summed E-state index contributed by atoms with van der Waals surface area (Å²) in [5.41, 5.74) is 21.7. The zero-order valence-electron chi connectivity index (χ0n) is 42.1. The molecule has 358 valence electrons. The molecule has 0 atom stereocenters. The fourth-order valence-corrected chi connectivity index (χ4v) is 14.2. The van der Waals surface area contributed by atoms with Crippen molar-refractivity contribution in [1.82, 2.24) is 8.80 Å². The Morgan fingerprint density at radius 1 is 0.256 bits per heavy atom. The van der Waals surface area contributed by atoms with E-state index in [1.54, 1.807) is 0 Å². The molecule has 0 saturated heterocycles. The van der Waals surface area contributed by atoms with Crippen LogP contribution >= 0.6 is 0 Å². The molecule has 4 aromatic heterocycles. The highest BCUT2D eigenvalue weighted by molar-refractivity contribution is 6.98. The molecule has 6 heterocycles. The van der Waals surface area contributed by atoms with Crippen LogP contribution in [0, 0.1) is 0 Å². The average Bonchev–Trinajstić information content (AvgIpc) is 4.02. The predicted octanol–water partition coefficient (Wildman–Crippen LogP) is 14.2. The topological polar surface area (TPSA) is 27.3 Å². The molecule has 0 N–H and O–H groups in total. The molecule has 0 saturated carbocycles. The molecule has 4 nitrogen and oxygen atoms in total. The summed E-state index contributed by atoms with van der Waals surface area (Å²) in [4.78, 5) is 0. The second kappa shape index (κ2) is 15.8. The first-order valence-electron chi connectivity index (χ1n) is 27.1. The van der Waals surface area contributed by atoms with Crippen LogP contribution in [0.2, 0.25) is 0 Å². The molecule has 16 aromatic rings. The van der Waals surface area contributed by atoms with Gasteiger partial charge in [0.15, 0.2) is 0 Å². The van der Waals surface area contributed by atoms with E-state index in [0.717, 1.165) is 33.9 Å². The van der Waals surface area contributed by atoms with Crippen molar-refractivity contribution in [2.24, 2.45) is 0 Å². The average molecular weight is 989 g/mol. The largest absolute Gasteiger partial charge is 0.458 e. The van der Waals surface area contributed by atoms with Gasteiger partial charge in [0, 0.05) is 37.7 Å². The zero-order valence-corrected chi connectivity index (χ0v) is 42.1. The lowest BCUT2D eigenvalue weighted by Gasteiger charge is -2.28. The van der Waals surface area contributed by atoms with Crippen molar-refractivity contribution in [2.75, 3.05) is 0 Å². The van der Waals surface area contributed by atoms with Crippen LogP contribution in [0.1, 0.15) is 0 Å². The normalized spacial score (nSPS) is 13.0. The number of rotatable bonds is 5. The maximum Gasteiger partial charge on any atom is 0.251 e. The monoisotopic (exact) mass is 988 g/mol. The predicted molar refractivity (Wildman–Crippen MR) is 327 cm³/mol. The van der Waals surface area contributed by atoms with Gasteiger partial charge in [-0.3, -0.25) is 0 Å². The highest BCUT2D eigenvalue weighted by Gasteiger charge is 2.38. The van der Waals surface area contributed by atoms with Crippen LogP contribution in [-0.2, 0) is 0 Å². The van der Waals surface area contributed by atoms with Crippen LogP contribution in [0.5, 0.6) is 23.0 Å². The summed E-state index contributed by atoms with van der Waals surface area (Å²) >= 11 is 0. The van der Waals surface area contributed by atoms with Crippen molar-refractivity contribution in [3.05, 3.63) is 255 Å². The number of aromatic nitrogens is 2. The molecular formula is C72H42B2N2O2. The number of ether oxygens (including phenoxy) is 2. The number of fused-ring (bicyclic) bond motifs is 17. The van der Waals surface area contributed by atoms with E-state index in [4.69, 9.17) is 9.47 Å². The molecule has 0 radical (unpaired) electrons. The number of benzene rings is 12. The van der Waals surface area contributed by atoms with E-state index < -0.39 is 0 Å². The van der Waals surface area contributed by atoms with Crippen molar-refractivity contribution in [1.29, 1.82) is 0 Å². The third-order valence-electron chi connectivity index (χ3n) is 17.5. The first kappa shape index (κ1) is 42.2. The van der Waals surface area contributed by atoms with Crippen molar-refractivity contribution in [3.8, 4) is 56.4 Å². The Labute approximate surface area is 449 Å². The van der Waals surface area contributed by atoms with Crippen LogP contribution in [0.15, 0.2) is 255 Å². The lowest BCUT2D eigenvalue weighted by atomic mass is 9.35. The van der Waals surface area contributed by atoms with Gasteiger partial charge in [0.1, 0.15) is 23.0 Å². The van der Waals surface area contributed by atoms with Crippen molar-refractivity contribution in [2.45, 2.75) is 0 Å².